The van der Waals surface area contributed by atoms with E-state index in [0.717, 1.165) is 19.1 Å². The summed E-state index contributed by atoms with van der Waals surface area (Å²) in [6.07, 6.45) is -5.90. The molecule has 2 amide bonds. The molecular weight excluding hydrogens is 503 g/mol. The second-order valence-corrected chi connectivity index (χ2v) is 8.35. The zero-order chi connectivity index (χ0) is 27.2. The predicted octanol–water partition coefficient (Wildman–Crippen LogP) is 4.45. The number of rotatable bonds is 6. The molecule has 2 heterocycles. The van der Waals surface area contributed by atoms with E-state index in [-0.39, 0.29) is 11.4 Å². The van der Waals surface area contributed by atoms with Gasteiger partial charge < -0.3 is 20.5 Å². The third kappa shape index (κ3) is 4.81. The van der Waals surface area contributed by atoms with Crippen LogP contribution in [0.25, 0.3) is 0 Å². The first-order valence-corrected chi connectivity index (χ1v) is 10.3. The van der Waals surface area contributed by atoms with Gasteiger partial charge in [0, 0.05) is 29.3 Å². The lowest BCUT2D eigenvalue weighted by Crippen LogP contribution is -2.47. The Morgan fingerprint density at radius 2 is 1.89 bits per heavy atom. The molecule has 0 bridgehead atoms. The number of carbonyl (C=O) groups is 2. The van der Waals surface area contributed by atoms with Gasteiger partial charge in [-0.3, -0.25) is 14.6 Å². The Kier molecular flexibility index (Phi) is 7.22. The first-order chi connectivity index (χ1) is 16.6. The maximum Gasteiger partial charge on any atom is 0.417 e. The molecule has 1 fully saturated rings. The Balaban J connectivity index is 2.13. The average molecular weight is 523 g/mol. The highest BCUT2D eigenvalue weighted by Crippen LogP contribution is 2.55. The van der Waals surface area contributed by atoms with Gasteiger partial charge in [0.1, 0.15) is 11.8 Å². The van der Waals surface area contributed by atoms with Crippen molar-refractivity contribution in [3.63, 3.8) is 0 Å². The van der Waals surface area contributed by atoms with E-state index in [4.69, 9.17) is 10.5 Å². The van der Waals surface area contributed by atoms with E-state index in [1.54, 1.807) is 0 Å². The molecule has 0 saturated carbocycles. The van der Waals surface area contributed by atoms with Gasteiger partial charge in [-0.05, 0) is 31.5 Å². The first kappa shape index (κ1) is 27.2. The zero-order valence-corrected chi connectivity index (χ0v) is 18.9. The van der Waals surface area contributed by atoms with E-state index in [9.17, 15) is 40.3 Å². The third-order valence-corrected chi connectivity index (χ3v) is 6.19. The Labute approximate surface area is 199 Å². The molecule has 36 heavy (non-hydrogen) atoms. The standard InChI is InChI=1S/C22H20F7N3O4/c1-8-7-31-13(18(30)33)6-12(8)32-19(34)17-14(9(2)21(3,36-17)22(27,28)29)10-4-5-11(23)15(24)16(10)35-20(25)26/h4-7,9,14,17,20H,1-3H3,(H2,30,33)(H,31,32,34). The van der Waals surface area contributed by atoms with Gasteiger partial charge in [0.15, 0.2) is 17.2 Å². The van der Waals surface area contributed by atoms with Crippen LogP contribution in [0.2, 0.25) is 0 Å². The molecule has 14 heteroatoms. The summed E-state index contributed by atoms with van der Waals surface area (Å²) >= 11 is 0. The number of aryl methyl sites for hydroxylation is 1. The fourth-order valence-electron chi connectivity index (χ4n) is 4.04. The van der Waals surface area contributed by atoms with Gasteiger partial charge in [-0.15, -0.1) is 0 Å². The van der Waals surface area contributed by atoms with Gasteiger partial charge in [-0.25, -0.2) is 4.39 Å². The Hall–Kier alpha value is -3.42. The number of primary amides is 1. The quantitative estimate of drug-likeness (QED) is 0.545. The number of nitrogens with two attached hydrogens (primary N) is 1. The van der Waals surface area contributed by atoms with Gasteiger partial charge in [-0.1, -0.05) is 13.0 Å². The monoisotopic (exact) mass is 523 g/mol. The van der Waals surface area contributed by atoms with Crippen molar-refractivity contribution in [1.29, 1.82) is 0 Å². The molecule has 1 aliphatic rings. The van der Waals surface area contributed by atoms with Crippen molar-refractivity contribution >= 4 is 17.5 Å². The number of hydrogen-bond donors (Lipinski definition) is 2. The van der Waals surface area contributed by atoms with Crippen molar-refractivity contribution in [2.45, 2.75) is 51.2 Å². The maximum absolute atomic E-state index is 14.4. The summed E-state index contributed by atoms with van der Waals surface area (Å²) in [7, 11) is 0. The maximum atomic E-state index is 14.4. The molecule has 0 aliphatic carbocycles. The van der Waals surface area contributed by atoms with E-state index < -0.39 is 71.1 Å². The van der Waals surface area contributed by atoms with Crippen LogP contribution in [0.3, 0.4) is 0 Å². The molecule has 1 saturated heterocycles. The molecule has 1 aromatic carbocycles. The summed E-state index contributed by atoms with van der Waals surface area (Å²) in [5, 5.41) is 2.31. The summed E-state index contributed by atoms with van der Waals surface area (Å²) in [5.74, 6) is -10.3. The SMILES string of the molecule is Cc1cnc(C(N)=O)cc1NC(=O)C1OC(C)(C(F)(F)F)C(C)C1c1ccc(F)c(F)c1OC(F)F. The minimum absolute atomic E-state index is 0.0474. The smallest absolute Gasteiger partial charge is 0.417 e. The van der Waals surface area contributed by atoms with E-state index in [2.05, 4.69) is 15.0 Å². The Morgan fingerprint density at radius 1 is 1.25 bits per heavy atom. The Morgan fingerprint density at radius 3 is 2.44 bits per heavy atom. The minimum Gasteiger partial charge on any atom is -0.431 e. The Bertz CT molecular complexity index is 1190. The largest absolute Gasteiger partial charge is 0.431 e. The molecule has 7 nitrogen and oxygen atoms in total. The lowest BCUT2D eigenvalue weighted by Gasteiger charge is -2.32. The number of anilines is 1. The predicted molar refractivity (Wildman–Crippen MR) is 110 cm³/mol. The number of halogens is 7. The van der Waals surface area contributed by atoms with Crippen molar-refractivity contribution in [3.8, 4) is 5.75 Å². The number of carbonyl (C=O) groups excluding carboxylic acids is 2. The van der Waals surface area contributed by atoms with Crippen LogP contribution in [0.4, 0.5) is 36.4 Å². The summed E-state index contributed by atoms with van der Waals surface area (Å²) in [5.41, 5.74) is 1.53. The van der Waals surface area contributed by atoms with Crippen molar-refractivity contribution in [1.82, 2.24) is 4.98 Å². The summed E-state index contributed by atoms with van der Waals surface area (Å²) in [4.78, 5) is 28.4. The second-order valence-electron chi connectivity index (χ2n) is 8.35. The van der Waals surface area contributed by atoms with Crippen molar-refractivity contribution in [3.05, 3.63) is 52.9 Å². The molecule has 196 valence electrons. The molecule has 4 atom stereocenters. The van der Waals surface area contributed by atoms with Gasteiger partial charge in [0.05, 0.1) is 0 Å². The van der Waals surface area contributed by atoms with Crippen LogP contribution in [-0.2, 0) is 9.53 Å². The minimum atomic E-state index is -5.05. The second kappa shape index (κ2) is 9.56. The number of benzene rings is 1. The normalized spacial score (nSPS) is 24.1. The van der Waals surface area contributed by atoms with Crippen molar-refractivity contribution < 1.29 is 49.8 Å². The topological polar surface area (TPSA) is 104 Å². The molecular formula is C22H20F7N3O4. The third-order valence-electron chi connectivity index (χ3n) is 6.19. The van der Waals surface area contributed by atoms with Gasteiger partial charge >= 0.3 is 12.8 Å². The molecule has 4 unspecified atom stereocenters. The van der Waals surface area contributed by atoms with Crippen molar-refractivity contribution in [2.75, 3.05) is 5.32 Å². The van der Waals surface area contributed by atoms with Crippen LogP contribution in [0, 0.1) is 24.5 Å². The van der Waals surface area contributed by atoms with Gasteiger partial charge in [0.25, 0.3) is 11.8 Å². The molecule has 0 spiro atoms. The molecule has 1 aromatic heterocycles. The summed E-state index contributed by atoms with van der Waals surface area (Å²) in [6.45, 7) is -0.506. The van der Waals surface area contributed by atoms with Crippen LogP contribution in [0.5, 0.6) is 5.75 Å². The summed E-state index contributed by atoms with van der Waals surface area (Å²) < 4.78 is 105. The van der Waals surface area contributed by atoms with E-state index in [1.807, 2.05) is 0 Å². The number of hydrogen-bond acceptors (Lipinski definition) is 5. The number of ether oxygens (including phenoxy) is 2. The number of pyridine rings is 1. The zero-order valence-electron chi connectivity index (χ0n) is 18.9. The van der Waals surface area contributed by atoms with Gasteiger partial charge in [0.2, 0.25) is 5.82 Å². The van der Waals surface area contributed by atoms with E-state index in [0.29, 0.717) is 18.6 Å². The highest BCUT2D eigenvalue weighted by Gasteiger charge is 2.66. The number of nitrogens with zero attached hydrogens (tertiary/aromatic N) is 1. The van der Waals surface area contributed by atoms with E-state index in [1.165, 1.54) is 13.1 Å². The highest BCUT2D eigenvalue weighted by molar-refractivity contribution is 5.98. The number of alkyl halides is 5. The molecule has 0 radical (unpaired) electrons. The molecule has 1 aliphatic heterocycles. The molecule has 3 rings (SSSR count). The highest BCUT2D eigenvalue weighted by atomic mass is 19.4. The molecule has 3 N–H and O–H groups in total. The summed E-state index contributed by atoms with van der Waals surface area (Å²) in [6, 6.07) is 2.35. The van der Waals surface area contributed by atoms with Crippen LogP contribution >= 0.6 is 0 Å². The average Bonchev–Trinajstić information content (AvgIpc) is 3.05. The number of amides is 2. The first-order valence-electron chi connectivity index (χ1n) is 10.3. The number of aromatic nitrogens is 1. The van der Waals surface area contributed by atoms with Crippen LogP contribution < -0.4 is 15.8 Å². The van der Waals surface area contributed by atoms with Crippen molar-refractivity contribution in [2.24, 2.45) is 11.7 Å². The van der Waals surface area contributed by atoms with Crippen LogP contribution in [0.15, 0.2) is 24.4 Å². The lowest BCUT2D eigenvalue weighted by atomic mass is 9.77. The van der Waals surface area contributed by atoms with Crippen LogP contribution in [-0.4, -0.2) is 41.3 Å². The molecule has 2 aromatic rings. The fourth-order valence-corrected chi connectivity index (χ4v) is 4.04. The van der Waals surface area contributed by atoms with E-state index >= 15 is 0 Å². The fraction of sp³-hybridized carbons (Fsp3) is 0.409. The number of nitrogens with one attached hydrogen (secondary N) is 1. The van der Waals surface area contributed by atoms with Crippen LogP contribution in [0.1, 0.15) is 41.4 Å². The van der Waals surface area contributed by atoms with Gasteiger partial charge in [-0.2, -0.15) is 26.3 Å². The lowest BCUT2D eigenvalue weighted by molar-refractivity contribution is -0.272.